The van der Waals surface area contributed by atoms with E-state index in [1.54, 1.807) is 18.2 Å². The first-order valence-corrected chi connectivity index (χ1v) is 9.61. The molecule has 1 fully saturated rings. The summed E-state index contributed by atoms with van der Waals surface area (Å²) < 4.78 is 5.53. The molecule has 1 unspecified atom stereocenters. The second kappa shape index (κ2) is 8.34. The Bertz CT molecular complexity index is 1110. The zero-order chi connectivity index (χ0) is 21.1. The molecule has 0 saturated carbocycles. The van der Waals surface area contributed by atoms with Crippen LogP contribution in [-0.2, 0) is 14.4 Å². The monoisotopic (exact) mass is 403 g/mol. The highest BCUT2D eigenvalue weighted by atomic mass is 16.5. The number of hydrazine groups is 1. The summed E-state index contributed by atoms with van der Waals surface area (Å²) in [6.45, 7) is 1.71. The molecular weight excluding hydrogens is 382 g/mol. The van der Waals surface area contributed by atoms with Crippen molar-refractivity contribution < 1.29 is 19.1 Å². The molecule has 7 heteroatoms. The van der Waals surface area contributed by atoms with Gasteiger partial charge in [-0.05, 0) is 42.0 Å². The van der Waals surface area contributed by atoms with Gasteiger partial charge in [0, 0.05) is 0 Å². The summed E-state index contributed by atoms with van der Waals surface area (Å²) in [6, 6.07) is 19.7. The van der Waals surface area contributed by atoms with Crippen molar-refractivity contribution in [3.05, 3.63) is 72.3 Å². The van der Waals surface area contributed by atoms with Gasteiger partial charge in [0.15, 0.2) is 6.61 Å². The molecule has 3 aromatic rings. The number of carbonyl (C=O) groups excluding carboxylic acids is 3. The summed E-state index contributed by atoms with van der Waals surface area (Å²) >= 11 is 0. The van der Waals surface area contributed by atoms with Crippen molar-refractivity contribution in [2.75, 3.05) is 11.5 Å². The number of imide groups is 1. The fraction of sp³-hybridized carbons (Fsp3) is 0.174. The standard InChI is InChI=1S/C23H21N3O4/c1-15-6-9-18(10-7-15)26-22(28)13-20(23(26)29)24-25-21(27)14-30-19-11-8-16-4-2-3-5-17(16)12-19/h2-12,20,24H,13-14H2,1H3,(H,25,27). The summed E-state index contributed by atoms with van der Waals surface area (Å²) in [7, 11) is 0. The number of rotatable bonds is 6. The number of carbonyl (C=O) groups is 3. The van der Waals surface area contributed by atoms with E-state index in [0.717, 1.165) is 21.2 Å². The number of amides is 3. The van der Waals surface area contributed by atoms with E-state index < -0.39 is 17.9 Å². The molecule has 152 valence electrons. The van der Waals surface area contributed by atoms with Gasteiger partial charge in [0.05, 0.1) is 12.1 Å². The van der Waals surface area contributed by atoms with Crippen LogP contribution in [0.1, 0.15) is 12.0 Å². The molecule has 4 rings (SSSR count). The molecular formula is C23H21N3O4. The van der Waals surface area contributed by atoms with E-state index in [0.29, 0.717) is 11.4 Å². The van der Waals surface area contributed by atoms with Crippen LogP contribution >= 0.6 is 0 Å². The third kappa shape index (κ3) is 4.16. The fourth-order valence-corrected chi connectivity index (χ4v) is 3.32. The Morgan fingerprint density at radius 2 is 1.77 bits per heavy atom. The van der Waals surface area contributed by atoms with Crippen LogP contribution in [-0.4, -0.2) is 30.4 Å². The van der Waals surface area contributed by atoms with Crippen molar-refractivity contribution in [2.24, 2.45) is 0 Å². The second-order valence-electron chi connectivity index (χ2n) is 7.15. The lowest BCUT2D eigenvalue weighted by Gasteiger charge is -2.16. The van der Waals surface area contributed by atoms with Crippen molar-refractivity contribution >= 4 is 34.2 Å². The molecule has 0 aromatic heterocycles. The van der Waals surface area contributed by atoms with Gasteiger partial charge in [-0.2, -0.15) is 0 Å². The van der Waals surface area contributed by atoms with Crippen molar-refractivity contribution in [1.29, 1.82) is 0 Å². The van der Waals surface area contributed by atoms with E-state index in [-0.39, 0.29) is 18.9 Å². The molecule has 1 aliphatic rings. The number of nitrogens with one attached hydrogen (secondary N) is 2. The summed E-state index contributed by atoms with van der Waals surface area (Å²) in [5, 5.41) is 2.10. The predicted molar refractivity (Wildman–Crippen MR) is 113 cm³/mol. The average molecular weight is 403 g/mol. The average Bonchev–Trinajstić information content (AvgIpc) is 3.04. The van der Waals surface area contributed by atoms with Gasteiger partial charge in [-0.3, -0.25) is 19.8 Å². The molecule has 7 nitrogen and oxygen atoms in total. The first-order chi connectivity index (χ1) is 14.5. The predicted octanol–water partition coefficient (Wildman–Crippen LogP) is 2.48. The third-order valence-electron chi connectivity index (χ3n) is 4.92. The van der Waals surface area contributed by atoms with E-state index in [2.05, 4.69) is 10.9 Å². The van der Waals surface area contributed by atoms with Crippen molar-refractivity contribution in [3.8, 4) is 5.75 Å². The maximum absolute atomic E-state index is 12.6. The number of hydrogen-bond donors (Lipinski definition) is 2. The van der Waals surface area contributed by atoms with E-state index in [1.165, 1.54) is 0 Å². The molecule has 3 aromatic carbocycles. The molecule has 1 saturated heterocycles. The number of nitrogens with zero attached hydrogens (tertiary/aromatic N) is 1. The van der Waals surface area contributed by atoms with E-state index in [9.17, 15) is 14.4 Å². The summed E-state index contributed by atoms with van der Waals surface area (Å²) in [6.07, 6.45) is -0.0292. The zero-order valence-corrected chi connectivity index (χ0v) is 16.4. The first-order valence-electron chi connectivity index (χ1n) is 9.61. The Hall–Kier alpha value is -3.71. The summed E-state index contributed by atoms with van der Waals surface area (Å²) in [5.41, 5.74) is 6.65. The molecule has 0 aliphatic carbocycles. The Kier molecular flexibility index (Phi) is 5.45. The lowest BCUT2D eigenvalue weighted by molar-refractivity contribution is -0.125. The highest BCUT2D eigenvalue weighted by Gasteiger charge is 2.39. The van der Waals surface area contributed by atoms with Gasteiger partial charge in [0.25, 0.3) is 11.8 Å². The first kappa shape index (κ1) is 19.6. The fourth-order valence-electron chi connectivity index (χ4n) is 3.32. The number of fused-ring (bicyclic) bond motifs is 1. The largest absolute Gasteiger partial charge is 0.484 e. The number of anilines is 1. The quantitative estimate of drug-likeness (QED) is 0.488. The van der Waals surface area contributed by atoms with E-state index in [4.69, 9.17) is 4.74 Å². The Labute approximate surface area is 173 Å². The van der Waals surface area contributed by atoms with Crippen LogP contribution in [0.2, 0.25) is 0 Å². The van der Waals surface area contributed by atoms with Crippen LogP contribution in [0.3, 0.4) is 0 Å². The molecule has 30 heavy (non-hydrogen) atoms. The van der Waals surface area contributed by atoms with Gasteiger partial charge in [-0.25, -0.2) is 10.3 Å². The summed E-state index contributed by atoms with van der Waals surface area (Å²) in [4.78, 5) is 38.1. The smallest absolute Gasteiger partial charge is 0.272 e. The molecule has 3 amide bonds. The third-order valence-corrected chi connectivity index (χ3v) is 4.92. The highest BCUT2D eigenvalue weighted by Crippen LogP contribution is 2.23. The van der Waals surface area contributed by atoms with Crippen LogP contribution in [0, 0.1) is 6.92 Å². The topological polar surface area (TPSA) is 87.7 Å². The number of aryl methyl sites for hydroxylation is 1. The van der Waals surface area contributed by atoms with Gasteiger partial charge in [-0.15, -0.1) is 0 Å². The Morgan fingerprint density at radius 1 is 1.03 bits per heavy atom. The van der Waals surface area contributed by atoms with Crippen LogP contribution in [0.4, 0.5) is 5.69 Å². The molecule has 2 N–H and O–H groups in total. The Balaban J connectivity index is 1.30. The molecule has 0 spiro atoms. The van der Waals surface area contributed by atoms with Gasteiger partial charge < -0.3 is 4.74 Å². The van der Waals surface area contributed by atoms with Crippen molar-refractivity contribution in [3.63, 3.8) is 0 Å². The number of ether oxygens (including phenoxy) is 1. The summed E-state index contributed by atoms with van der Waals surface area (Å²) in [5.74, 6) is -0.596. The zero-order valence-electron chi connectivity index (χ0n) is 16.4. The van der Waals surface area contributed by atoms with Gasteiger partial charge in [0.2, 0.25) is 5.91 Å². The minimum absolute atomic E-state index is 0.0292. The lowest BCUT2D eigenvalue weighted by atomic mass is 10.1. The van der Waals surface area contributed by atoms with Crippen molar-refractivity contribution in [2.45, 2.75) is 19.4 Å². The maximum atomic E-state index is 12.6. The number of hydrogen-bond acceptors (Lipinski definition) is 5. The minimum Gasteiger partial charge on any atom is -0.484 e. The number of benzene rings is 3. The maximum Gasteiger partial charge on any atom is 0.272 e. The molecule has 0 bridgehead atoms. The molecule has 1 aliphatic heterocycles. The van der Waals surface area contributed by atoms with Crippen LogP contribution in [0.25, 0.3) is 10.8 Å². The second-order valence-corrected chi connectivity index (χ2v) is 7.15. The van der Waals surface area contributed by atoms with Crippen LogP contribution < -0.4 is 20.5 Å². The van der Waals surface area contributed by atoms with E-state index in [1.807, 2.05) is 55.5 Å². The Morgan fingerprint density at radius 3 is 2.53 bits per heavy atom. The molecule has 0 radical (unpaired) electrons. The van der Waals surface area contributed by atoms with Gasteiger partial charge in [0.1, 0.15) is 11.8 Å². The lowest BCUT2D eigenvalue weighted by Crippen LogP contribution is -2.49. The van der Waals surface area contributed by atoms with Crippen LogP contribution in [0.15, 0.2) is 66.7 Å². The minimum atomic E-state index is -0.816. The van der Waals surface area contributed by atoms with Crippen LogP contribution in [0.5, 0.6) is 5.75 Å². The molecule has 1 heterocycles. The highest BCUT2D eigenvalue weighted by molar-refractivity contribution is 6.22. The van der Waals surface area contributed by atoms with E-state index >= 15 is 0 Å². The molecule has 1 atom stereocenters. The normalized spacial score (nSPS) is 16.2. The SMILES string of the molecule is Cc1ccc(N2C(=O)CC(NNC(=O)COc3ccc4ccccc4c3)C2=O)cc1. The van der Waals surface area contributed by atoms with Gasteiger partial charge >= 0.3 is 0 Å². The van der Waals surface area contributed by atoms with Crippen molar-refractivity contribution in [1.82, 2.24) is 10.9 Å². The van der Waals surface area contributed by atoms with Gasteiger partial charge in [-0.1, -0.05) is 48.0 Å².